The van der Waals surface area contributed by atoms with Gasteiger partial charge in [-0.2, -0.15) is 0 Å². The highest BCUT2D eigenvalue weighted by atomic mass is 16.7. The number of likely N-dealkylation sites (tertiary alicyclic amines) is 1. The lowest BCUT2D eigenvalue weighted by Gasteiger charge is -2.38. The number of benzene rings is 3. The quantitative estimate of drug-likeness (QED) is 0.574. The molecule has 2 heterocycles. The smallest absolute Gasteiger partial charge is 0.231 e. The van der Waals surface area contributed by atoms with E-state index in [9.17, 15) is 0 Å². The molecule has 29 heavy (non-hydrogen) atoms. The van der Waals surface area contributed by atoms with E-state index in [0.717, 1.165) is 18.0 Å². The molecule has 0 radical (unpaired) electrons. The van der Waals surface area contributed by atoms with Crippen LogP contribution in [0.4, 0.5) is 0 Å². The molecule has 2 aliphatic heterocycles. The first-order valence-corrected chi connectivity index (χ1v) is 10.6. The summed E-state index contributed by atoms with van der Waals surface area (Å²) in [6.07, 6.45) is 1.25. The molecular formula is C26H25NO2. The number of rotatable bonds is 3. The van der Waals surface area contributed by atoms with Crippen molar-refractivity contribution in [1.29, 1.82) is 0 Å². The van der Waals surface area contributed by atoms with Crippen LogP contribution >= 0.6 is 0 Å². The number of hydrogen-bond acceptors (Lipinski definition) is 3. The Morgan fingerprint density at radius 3 is 2.55 bits per heavy atom. The highest BCUT2D eigenvalue weighted by molar-refractivity contribution is 5.69. The van der Waals surface area contributed by atoms with Crippen molar-refractivity contribution < 1.29 is 9.47 Å². The Hall–Kier alpha value is -2.78. The van der Waals surface area contributed by atoms with Crippen LogP contribution in [-0.4, -0.2) is 18.2 Å². The molecule has 3 atom stereocenters. The Bertz CT molecular complexity index is 1060. The van der Waals surface area contributed by atoms with Gasteiger partial charge in [0.1, 0.15) is 0 Å². The van der Waals surface area contributed by atoms with Crippen molar-refractivity contribution in [2.45, 2.75) is 31.8 Å². The van der Waals surface area contributed by atoms with Crippen molar-refractivity contribution in [2.24, 2.45) is 5.92 Å². The average Bonchev–Trinajstić information content (AvgIpc) is 3.28. The zero-order valence-electron chi connectivity index (χ0n) is 16.7. The Morgan fingerprint density at radius 2 is 1.66 bits per heavy atom. The minimum absolute atomic E-state index is 0.318. The first-order chi connectivity index (χ1) is 14.3. The van der Waals surface area contributed by atoms with E-state index in [4.69, 9.17) is 9.47 Å². The van der Waals surface area contributed by atoms with Gasteiger partial charge in [-0.25, -0.2) is 0 Å². The first kappa shape index (κ1) is 17.1. The Balaban J connectivity index is 1.37. The van der Waals surface area contributed by atoms with Crippen LogP contribution in [0.1, 0.15) is 42.0 Å². The molecule has 3 aliphatic rings. The lowest BCUT2D eigenvalue weighted by atomic mass is 9.85. The van der Waals surface area contributed by atoms with Crippen molar-refractivity contribution >= 4 is 0 Å². The van der Waals surface area contributed by atoms with Crippen LogP contribution in [-0.2, 0) is 6.54 Å². The molecule has 3 nitrogen and oxygen atoms in total. The normalized spacial score (nSPS) is 24.5. The van der Waals surface area contributed by atoms with Crippen molar-refractivity contribution in [3.05, 3.63) is 83.4 Å². The van der Waals surface area contributed by atoms with Gasteiger partial charge in [0, 0.05) is 12.6 Å². The maximum absolute atomic E-state index is 5.59. The standard InChI is InChI=1S/C26H25NO2/c1-17-21-11-12-27(15-18-5-3-2-4-6-18)26(17)23-13-19(7-9-22(21)23)20-8-10-24-25(14-20)29-16-28-24/h2-10,13-14,17,21,26H,11-12,15-16H2,1H3/t17-,21?,26?/m0/s1. The van der Waals surface area contributed by atoms with E-state index >= 15 is 0 Å². The summed E-state index contributed by atoms with van der Waals surface area (Å²) in [7, 11) is 0. The van der Waals surface area contributed by atoms with Crippen molar-refractivity contribution in [1.82, 2.24) is 4.90 Å². The van der Waals surface area contributed by atoms with E-state index in [1.807, 2.05) is 6.07 Å². The largest absolute Gasteiger partial charge is 0.454 e. The van der Waals surface area contributed by atoms with Gasteiger partial charge in [0.05, 0.1) is 0 Å². The molecule has 3 heteroatoms. The van der Waals surface area contributed by atoms with E-state index in [0.29, 0.717) is 24.7 Å². The fraction of sp³-hybridized carbons (Fsp3) is 0.308. The van der Waals surface area contributed by atoms with Gasteiger partial charge in [-0.3, -0.25) is 4.90 Å². The third-order valence-electron chi connectivity index (χ3n) is 6.99. The highest BCUT2D eigenvalue weighted by Gasteiger charge is 2.44. The molecule has 2 unspecified atom stereocenters. The molecule has 0 aromatic heterocycles. The topological polar surface area (TPSA) is 21.7 Å². The minimum atomic E-state index is 0.318. The summed E-state index contributed by atoms with van der Waals surface area (Å²) < 4.78 is 11.1. The molecule has 0 N–H and O–H groups in total. The molecule has 0 spiro atoms. The monoisotopic (exact) mass is 383 g/mol. The lowest BCUT2D eigenvalue weighted by molar-refractivity contribution is 0.0964. The van der Waals surface area contributed by atoms with Crippen molar-refractivity contribution in [2.75, 3.05) is 13.3 Å². The van der Waals surface area contributed by atoms with Crippen LogP contribution in [0.2, 0.25) is 0 Å². The minimum Gasteiger partial charge on any atom is -0.454 e. The maximum Gasteiger partial charge on any atom is 0.231 e. The van der Waals surface area contributed by atoms with E-state index < -0.39 is 0 Å². The van der Waals surface area contributed by atoms with E-state index in [1.54, 1.807) is 5.56 Å². The van der Waals surface area contributed by atoms with E-state index in [2.05, 4.69) is 72.5 Å². The Morgan fingerprint density at radius 1 is 0.862 bits per heavy atom. The van der Waals surface area contributed by atoms with Gasteiger partial charge in [-0.15, -0.1) is 0 Å². The summed E-state index contributed by atoms with van der Waals surface area (Å²) in [5, 5.41) is 0. The molecular weight excluding hydrogens is 358 g/mol. The molecule has 0 amide bonds. The van der Waals surface area contributed by atoms with Crippen LogP contribution in [0.15, 0.2) is 66.7 Å². The summed E-state index contributed by atoms with van der Waals surface area (Å²) >= 11 is 0. The molecule has 1 fully saturated rings. The van der Waals surface area contributed by atoms with Gasteiger partial charge < -0.3 is 9.47 Å². The third kappa shape index (κ3) is 2.76. The van der Waals surface area contributed by atoms with E-state index in [1.165, 1.54) is 35.2 Å². The predicted molar refractivity (Wildman–Crippen MR) is 114 cm³/mol. The number of piperidine rings is 1. The maximum atomic E-state index is 5.59. The fourth-order valence-electron chi connectivity index (χ4n) is 5.60. The molecule has 3 aromatic rings. The number of fused-ring (bicyclic) bond motifs is 6. The van der Waals surface area contributed by atoms with Gasteiger partial charge in [0.15, 0.2) is 11.5 Å². The Kier molecular flexibility index (Phi) is 3.91. The van der Waals surface area contributed by atoms with Crippen LogP contribution < -0.4 is 9.47 Å². The molecule has 2 bridgehead atoms. The van der Waals surface area contributed by atoms with Gasteiger partial charge in [0.25, 0.3) is 0 Å². The average molecular weight is 383 g/mol. The second-order valence-electron chi connectivity index (χ2n) is 8.57. The van der Waals surface area contributed by atoms with E-state index in [-0.39, 0.29) is 0 Å². The molecule has 1 aliphatic carbocycles. The van der Waals surface area contributed by atoms with Crippen LogP contribution in [0.3, 0.4) is 0 Å². The zero-order chi connectivity index (χ0) is 19.4. The molecule has 1 saturated heterocycles. The number of nitrogens with zero attached hydrogens (tertiary/aromatic N) is 1. The predicted octanol–water partition coefficient (Wildman–Crippen LogP) is 5.76. The van der Waals surface area contributed by atoms with Crippen LogP contribution in [0.25, 0.3) is 11.1 Å². The van der Waals surface area contributed by atoms with Crippen LogP contribution in [0, 0.1) is 5.92 Å². The first-order valence-electron chi connectivity index (χ1n) is 10.6. The van der Waals surface area contributed by atoms with Gasteiger partial charge in [-0.05, 0) is 70.8 Å². The van der Waals surface area contributed by atoms with Crippen LogP contribution in [0.5, 0.6) is 11.5 Å². The molecule has 6 rings (SSSR count). The van der Waals surface area contributed by atoms with Gasteiger partial charge >= 0.3 is 0 Å². The SMILES string of the molecule is C[C@H]1C2CCN(Cc3ccccc3)C1c1cc(-c3ccc4c(c3)OCO4)ccc12. The Labute approximate surface area is 171 Å². The molecule has 0 saturated carbocycles. The zero-order valence-corrected chi connectivity index (χ0v) is 16.7. The second kappa shape index (κ2) is 6.64. The highest BCUT2D eigenvalue weighted by Crippen LogP contribution is 2.54. The van der Waals surface area contributed by atoms with Gasteiger partial charge in [-0.1, -0.05) is 55.5 Å². The summed E-state index contributed by atoms with van der Waals surface area (Å²) in [6.45, 7) is 4.95. The number of ether oxygens (including phenoxy) is 2. The number of hydrogen-bond donors (Lipinski definition) is 0. The van der Waals surface area contributed by atoms with Crippen molar-refractivity contribution in [3.8, 4) is 22.6 Å². The summed E-state index contributed by atoms with van der Waals surface area (Å²) in [5.41, 5.74) is 6.94. The second-order valence-corrected chi connectivity index (χ2v) is 8.57. The summed E-state index contributed by atoms with van der Waals surface area (Å²) in [6, 6.07) is 24.7. The van der Waals surface area contributed by atoms with Gasteiger partial charge in [0.2, 0.25) is 6.79 Å². The summed E-state index contributed by atoms with van der Waals surface area (Å²) in [5.74, 6) is 3.04. The molecule has 3 aromatic carbocycles. The molecule has 146 valence electrons. The summed E-state index contributed by atoms with van der Waals surface area (Å²) in [4.78, 5) is 2.69. The van der Waals surface area contributed by atoms with Crippen molar-refractivity contribution in [3.63, 3.8) is 0 Å². The lowest BCUT2D eigenvalue weighted by Crippen LogP contribution is -2.36. The third-order valence-corrected chi connectivity index (χ3v) is 6.99. The fourth-order valence-corrected chi connectivity index (χ4v) is 5.60.